The Morgan fingerprint density at radius 1 is 1.43 bits per heavy atom. The molecule has 0 bridgehead atoms. The molecular weight excluding hydrogens is 192 g/mol. The van der Waals surface area contributed by atoms with E-state index in [1.165, 1.54) is 25.3 Å². The lowest BCUT2D eigenvalue weighted by molar-refractivity contribution is 0.116. The van der Waals surface area contributed by atoms with Gasteiger partial charge in [-0.15, -0.1) is 0 Å². The van der Waals surface area contributed by atoms with Gasteiger partial charge in [0.25, 0.3) is 6.43 Å². The lowest BCUT2D eigenvalue weighted by Gasteiger charge is -2.12. The van der Waals surface area contributed by atoms with Gasteiger partial charge in [-0.3, -0.25) is 0 Å². The average Bonchev–Trinajstić information content (AvgIpc) is 2.16. The van der Waals surface area contributed by atoms with E-state index in [2.05, 4.69) is 0 Å². The first-order valence-electron chi connectivity index (χ1n) is 3.97. The Morgan fingerprint density at radius 2 is 2.07 bits per heavy atom. The van der Waals surface area contributed by atoms with Crippen LogP contribution in [-0.4, -0.2) is 18.6 Å². The van der Waals surface area contributed by atoms with Gasteiger partial charge in [0.15, 0.2) is 11.5 Å². The summed E-state index contributed by atoms with van der Waals surface area (Å²) < 4.78 is 29.1. The minimum Gasteiger partial charge on any atom is -0.504 e. The number of hydrogen-bond acceptors (Lipinski definition) is 3. The molecule has 0 heterocycles. The smallest absolute Gasteiger partial charge is 0.257 e. The van der Waals surface area contributed by atoms with Gasteiger partial charge >= 0.3 is 0 Å². The largest absolute Gasteiger partial charge is 0.504 e. The number of phenolic OH excluding ortho intramolecular Hbond substituents is 1. The van der Waals surface area contributed by atoms with Crippen LogP contribution in [0.3, 0.4) is 0 Å². The Morgan fingerprint density at radius 3 is 2.50 bits per heavy atom. The van der Waals surface area contributed by atoms with E-state index in [4.69, 9.17) is 10.5 Å². The third kappa shape index (κ3) is 2.11. The summed E-state index contributed by atoms with van der Waals surface area (Å²) in [5.41, 5.74) is 5.38. The highest BCUT2D eigenvalue weighted by Gasteiger charge is 2.18. The van der Waals surface area contributed by atoms with Gasteiger partial charge in [-0.25, -0.2) is 8.78 Å². The fourth-order valence-electron chi connectivity index (χ4n) is 1.06. The van der Waals surface area contributed by atoms with Crippen molar-refractivity contribution in [3.8, 4) is 11.5 Å². The predicted octanol–water partition coefficient (Wildman–Crippen LogP) is 1.67. The molecule has 0 saturated heterocycles. The van der Waals surface area contributed by atoms with Crippen LogP contribution in [0.25, 0.3) is 0 Å². The van der Waals surface area contributed by atoms with Crippen molar-refractivity contribution in [1.29, 1.82) is 0 Å². The number of ether oxygens (including phenoxy) is 1. The van der Waals surface area contributed by atoms with Gasteiger partial charge < -0.3 is 15.6 Å². The molecule has 14 heavy (non-hydrogen) atoms. The van der Waals surface area contributed by atoms with E-state index in [9.17, 15) is 13.9 Å². The van der Waals surface area contributed by atoms with Crippen molar-refractivity contribution in [3.63, 3.8) is 0 Å². The van der Waals surface area contributed by atoms with E-state index in [0.29, 0.717) is 0 Å². The normalized spacial score (nSPS) is 12.9. The molecule has 1 atom stereocenters. The second-order valence-corrected chi connectivity index (χ2v) is 2.79. The fraction of sp³-hybridized carbons (Fsp3) is 0.333. The van der Waals surface area contributed by atoms with Crippen molar-refractivity contribution in [2.24, 2.45) is 5.73 Å². The minimum atomic E-state index is -2.65. The number of alkyl halides is 2. The Bertz CT molecular complexity index is 318. The Kier molecular flexibility index (Phi) is 3.24. The highest BCUT2D eigenvalue weighted by molar-refractivity contribution is 5.42. The van der Waals surface area contributed by atoms with Crippen molar-refractivity contribution in [2.75, 3.05) is 7.11 Å². The second-order valence-electron chi connectivity index (χ2n) is 2.79. The summed E-state index contributed by atoms with van der Waals surface area (Å²) in [6.07, 6.45) is -2.65. The molecule has 1 aromatic rings. The molecule has 3 N–H and O–H groups in total. The zero-order chi connectivity index (χ0) is 10.7. The van der Waals surface area contributed by atoms with Crippen molar-refractivity contribution >= 4 is 0 Å². The van der Waals surface area contributed by atoms with Crippen molar-refractivity contribution in [1.82, 2.24) is 0 Å². The molecule has 3 nitrogen and oxygen atoms in total. The first-order valence-corrected chi connectivity index (χ1v) is 3.97. The molecular formula is C9H11F2NO2. The number of aromatic hydroxyl groups is 1. The number of halogens is 2. The SMILES string of the molecule is COc1ccc([C@H](N)C(F)F)cc1O. The molecule has 78 valence electrons. The van der Waals surface area contributed by atoms with E-state index >= 15 is 0 Å². The second kappa shape index (κ2) is 4.23. The van der Waals surface area contributed by atoms with Gasteiger partial charge in [-0.2, -0.15) is 0 Å². The highest BCUT2D eigenvalue weighted by atomic mass is 19.3. The molecule has 0 unspecified atom stereocenters. The van der Waals surface area contributed by atoms with Gasteiger partial charge in [0.2, 0.25) is 0 Å². The molecule has 1 aromatic carbocycles. The lowest BCUT2D eigenvalue weighted by Crippen LogP contribution is -2.18. The number of benzene rings is 1. The van der Waals surface area contributed by atoms with Crippen molar-refractivity contribution in [2.45, 2.75) is 12.5 Å². The Labute approximate surface area is 80.1 Å². The van der Waals surface area contributed by atoms with Crippen molar-refractivity contribution < 1.29 is 18.6 Å². The van der Waals surface area contributed by atoms with Crippen LogP contribution in [0, 0.1) is 0 Å². The van der Waals surface area contributed by atoms with E-state index < -0.39 is 12.5 Å². The van der Waals surface area contributed by atoms with Crippen LogP contribution < -0.4 is 10.5 Å². The predicted molar refractivity (Wildman–Crippen MR) is 47.6 cm³/mol. The van der Waals surface area contributed by atoms with Crippen LogP contribution in [0.4, 0.5) is 8.78 Å². The summed E-state index contributed by atoms with van der Waals surface area (Å²) in [7, 11) is 1.38. The molecule has 1 rings (SSSR count). The summed E-state index contributed by atoms with van der Waals surface area (Å²) in [5, 5.41) is 9.30. The highest BCUT2D eigenvalue weighted by Crippen LogP contribution is 2.29. The molecule has 0 spiro atoms. The minimum absolute atomic E-state index is 0.179. The van der Waals surface area contributed by atoms with Gasteiger partial charge in [0, 0.05) is 0 Å². The molecule has 0 aliphatic carbocycles. The van der Waals surface area contributed by atoms with Gasteiger partial charge in [-0.1, -0.05) is 6.07 Å². The Balaban J connectivity index is 2.96. The maximum atomic E-state index is 12.2. The standard InChI is InChI=1S/C9H11F2NO2/c1-14-7-3-2-5(4-6(7)13)8(12)9(10)11/h2-4,8-9,13H,12H2,1H3/t8-/m0/s1. The molecule has 5 heteroatoms. The van der Waals surface area contributed by atoms with Gasteiger partial charge in [-0.05, 0) is 17.7 Å². The first-order chi connectivity index (χ1) is 6.56. The number of rotatable bonds is 3. The summed E-state index contributed by atoms with van der Waals surface area (Å²) in [6, 6.07) is 2.59. The lowest BCUT2D eigenvalue weighted by atomic mass is 10.1. The summed E-state index contributed by atoms with van der Waals surface area (Å²) in [5.74, 6) is 0.0383. The fourth-order valence-corrected chi connectivity index (χ4v) is 1.06. The third-order valence-electron chi connectivity index (χ3n) is 1.86. The zero-order valence-electron chi connectivity index (χ0n) is 7.58. The van der Waals surface area contributed by atoms with Crippen LogP contribution in [0.15, 0.2) is 18.2 Å². The van der Waals surface area contributed by atoms with Crippen LogP contribution in [-0.2, 0) is 0 Å². The topological polar surface area (TPSA) is 55.5 Å². The molecule has 0 aromatic heterocycles. The van der Waals surface area contributed by atoms with Gasteiger partial charge in [0.05, 0.1) is 13.2 Å². The summed E-state index contributed by atoms with van der Waals surface area (Å²) >= 11 is 0. The number of phenols is 1. The molecule has 0 amide bonds. The molecule has 0 saturated carbocycles. The van der Waals surface area contributed by atoms with Crippen LogP contribution >= 0.6 is 0 Å². The van der Waals surface area contributed by atoms with E-state index in [1.807, 2.05) is 0 Å². The monoisotopic (exact) mass is 203 g/mol. The summed E-state index contributed by atoms with van der Waals surface area (Å²) in [6.45, 7) is 0. The maximum absolute atomic E-state index is 12.2. The molecule has 0 aliphatic heterocycles. The van der Waals surface area contributed by atoms with Crippen LogP contribution in [0.2, 0.25) is 0 Å². The molecule has 0 fully saturated rings. The number of methoxy groups -OCH3 is 1. The average molecular weight is 203 g/mol. The van der Waals surface area contributed by atoms with Crippen LogP contribution in [0.1, 0.15) is 11.6 Å². The quantitative estimate of drug-likeness (QED) is 0.785. The van der Waals surface area contributed by atoms with Crippen molar-refractivity contribution in [3.05, 3.63) is 23.8 Å². The van der Waals surface area contributed by atoms with Crippen LogP contribution in [0.5, 0.6) is 11.5 Å². The van der Waals surface area contributed by atoms with E-state index in [0.717, 1.165) is 0 Å². The summed E-state index contributed by atoms with van der Waals surface area (Å²) in [4.78, 5) is 0. The maximum Gasteiger partial charge on any atom is 0.257 e. The first kappa shape index (κ1) is 10.7. The molecule has 0 radical (unpaired) electrons. The number of nitrogens with two attached hydrogens (primary N) is 1. The van der Waals surface area contributed by atoms with E-state index in [-0.39, 0.29) is 17.1 Å². The number of hydrogen-bond donors (Lipinski definition) is 2. The molecule has 0 aliphatic rings. The van der Waals surface area contributed by atoms with E-state index in [1.54, 1.807) is 0 Å². The Hall–Kier alpha value is -1.36. The zero-order valence-corrected chi connectivity index (χ0v) is 7.58. The van der Waals surface area contributed by atoms with Gasteiger partial charge in [0.1, 0.15) is 0 Å². The third-order valence-corrected chi connectivity index (χ3v) is 1.86.